The normalized spacial score (nSPS) is 17.1. The summed E-state index contributed by atoms with van der Waals surface area (Å²) in [6.45, 7) is 39.8. The van der Waals surface area contributed by atoms with Gasteiger partial charge in [0.1, 0.15) is 0 Å². The summed E-state index contributed by atoms with van der Waals surface area (Å²) in [5.41, 5.74) is 9.31. The third-order valence-electron chi connectivity index (χ3n) is 17.8. The Labute approximate surface area is 495 Å². The van der Waals surface area contributed by atoms with Crippen LogP contribution in [0.1, 0.15) is 172 Å². The Morgan fingerprint density at radius 2 is 0.987 bits per heavy atom. The van der Waals surface area contributed by atoms with Crippen molar-refractivity contribution < 1.29 is 37.8 Å². The number of ether oxygens (including phenoxy) is 1. The van der Waals surface area contributed by atoms with E-state index in [9.17, 15) is 5.48 Å². The second-order valence-corrected chi connectivity index (χ2v) is 28.6. The molecule has 0 radical (unpaired) electrons. The quantitative estimate of drug-likeness (QED) is 0.159. The fraction of sp³-hybridized carbons (Fsp3) is 0.342. The maximum absolute atomic E-state index is 9.53. The molecule has 0 spiro atoms. The van der Waals surface area contributed by atoms with Crippen molar-refractivity contribution in [2.75, 3.05) is 0 Å². The van der Waals surface area contributed by atoms with E-state index in [1.807, 2.05) is 61.9 Å². The standard InChI is InChI=1S/C73H80N4O.Pt/c1-67(2,3)48-29-32-61-64(39-48)75(45-76(61)66-56(46-25-21-19-22-26-46)37-51(70(10,11)12)38-57(66)47-27-23-20-24-28-47)52-35-50(69(7,8)9)36-54(41-52)78-53-30-31-55-58-43-59-60(72(15,16)73(17,18)71(59,13)14)44-63(58)77(62(55)42-53)65-40-49(33-34-74-65)68(4,5)6;/h19-44H,1-18H3;/i19D,20D,21D,22D,23D,24D,25D,26D,27D,28D;. The molecule has 1 aliphatic rings. The van der Waals surface area contributed by atoms with Crippen LogP contribution in [0.2, 0.25) is 0 Å². The summed E-state index contributed by atoms with van der Waals surface area (Å²) >= 11 is 2.27. The summed E-state index contributed by atoms with van der Waals surface area (Å²) in [6, 6.07) is 26.5. The van der Waals surface area contributed by atoms with Crippen LogP contribution < -0.4 is 4.74 Å². The fourth-order valence-electron chi connectivity index (χ4n) is 11.7. The average Bonchev–Trinajstić information content (AvgIpc) is 1.56. The number of rotatable bonds is 7. The molecule has 0 atom stereocenters. The Kier molecular flexibility index (Phi) is 10.1. The van der Waals surface area contributed by atoms with Gasteiger partial charge in [-0.25, -0.2) is 0 Å². The van der Waals surface area contributed by atoms with Crippen LogP contribution in [0, 0.1) is 9.22 Å². The minimum absolute atomic E-state index is 0.0420. The van der Waals surface area contributed by atoms with Gasteiger partial charge < -0.3 is 0 Å². The summed E-state index contributed by atoms with van der Waals surface area (Å²) in [4.78, 5) is 5.09. The molecule has 3 aromatic heterocycles. The van der Waals surface area contributed by atoms with Crippen LogP contribution in [-0.2, 0) is 51.8 Å². The maximum atomic E-state index is 9.53. The van der Waals surface area contributed by atoms with Gasteiger partial charge in [-0.05, 0) is 44.4 Å². The van der Waals surface area contributed by atoms with Crippen LogP contribution in [-0.4, -0.2) is 18.7 Å². The minimum atomic E-state index is -0.652. The zero-order valence-electron chi connectivity index (χ0n) is 59.3. The first-order valence-corrected chi connectivity index (χ1v) is 28.7. The Balaban J connectivity index is 1.22. The van der Waals surface area contributed by atoms with E-state index in [0.29, 0.717) is 26.4 Å². The van der Waals surface area contributed by atoms with Crippen molar-refractivity contribution in [1.82, 2.24) is 18.7 Å². The number of fused-ring (bicyclic) bond motifs is 5. The first-order chi connectivity index (χ1) is 41.0. The summed E-state index contributed by atoms with van der Waals surface area (Å²) in [5, 5.41) is 2.22. The van der Waals surface area contributed by atoms with Crippen molar-refractivity contribution in [2.24, 2.45) is 5.41 Å². The van der Waals surface area contributed by atoms with Crippen LogP contribution in [0.15, 0.2) is 158 Å². The van der Waals surface area contributed by atoms with Gasteiger partial charge in [-0.3, -0.25) is 0 Å². The van der Waals surface area contributed by atoms with Crippen molar-refractivity contribution in [3.05, 3.63) is 195 Å². The first-order valence-electron chi connectivity index (χ1n) is 32.5. The average molecular weight is 1230 g/mol. The number of nitrogens with zero attached hydrogens (tertiary/aromatic N) is 4. The monoisotopic (exact) mass is 1230 g/mol. The van der Waals surface area contributed by atoms with Gasteiger partial charge >= 0.3 is 385 Å². The van der Waals surface area contributed by atoms with Gasteiger partial charge in [0, 0.05) is 6.20 Å². The van der Waals surface area contributed by atoms with Crippen LogP contribution in [0.4, 0.5) is 0 Å². The zero-order valence-corrected chi connectivity index (χ0v) is 51.5. The molecule has 0 aliphatic heterocycles. The number of hydrogen-bond donors (Lipinski definition) is 0. The van der Waals surface area contributed by atoms with Gasteiger partial charge in [-0.1, -0.05) is 62.3 Å². The predicted octanol–water partition coefficient (Wildman–Crippen LogP) is 19.9. The van der Waals surface area contributed by atoms with E-state index in [0.717, 1.165) is 50.0 Å². The second kappa shape index (κ2) is 18.5. The molecule has 5 nitrogen and oxygen atoms in total. The molecule has 0 N–H and O–H groups in total. The van der Waals surface area contributed by atoms with E-state index in [1.165, 1.54) is 16.7 Å². The Hall–Kier alpha value is -6.55. The Bertz CT molecular complexity index is 4600. The zero-order chi connectivity index (χ0) is 65.4. The molecule has 6 heteroatoms. The summed E-state index contributed by atoms with van der Waals surface area (Å²) in [5.74, 6) is 2.00. The van der Waals surface area contributed by atoms with Crippen molar-refractivity contribution in [1.29, 1.82) is 0 Å². The van der Waals surface area contributed by atoms with Crippen LogP contribution in [0.25, 0.3) is 72.3 Å². The SMILES string of the molecule is [2H]c1c([2H])c([2H])c(-c2cc(C(C)(C)C)cc(-c3c([2H])c([2H])c([2H])c([2H])c3[2H])c2-n2[c](=[Pt])n(-c3cc(Oc4ccc5c6cc7c(cc6n(-c6cc(C(C)(C)C)ccn6)c5c4)C(C)(C)C(C)(C)C7(C)C)cc(C(C)(C)C)c3)c3cc(C(C)(C)C)ccc32)c([2H])c1[2H]. The number of hydrogen-bond acceptors (Lipinski definition) is 2. The molecule has 0 saturated carbocycles. The molecule has 408 valence electrons. The molecule has 0 bridgehead atoms. The topological polar surface area (TPSA) is 36.9 Å². The molecule has 0 amide bonds. The van der Waals surface area contributed by atoms with E-state index in [4.69, 9.17) is 17.9 Å². The molecule has 10 aromatic rings. The number of imidazole rings is 1. The first kappa shape index (κ1) is 43.3. The van der Waals surface area contributed by atoms with E-state index >= 15 is 0 Å². The molecule has 0 fully saturated rings. The van der Waals surface area contributed by atoms with E-state index in [1.54, 1.807) is 0 Å². The summed E-state index contributed by atoms with van der Waals surface area (Å²) in [7, 11) is 0. The molecular weight excluding hydrogens is 1140 g/mol. The molecule has 0 unspecified atom stereocenters. The molecule has 79 heavy (non-hydrogen) atoms. The van der Waals surface area contributed by atoms with Gasteiger partial charge in [0.2, 0.25) is 0 Å². The van der Waals surface area contributed by atoms with Crippen LogP contribution in [0.3, 0.4) is 0 Å². The third-order valence-corrected chi connectivity index (χ3v) is 18.9. The Morgan fingerprint density at radius 1 is 0.456 bits per heavy atom. The van der Waals surface area contributed by atoms with Crippen molar-refractivity contribution in [3.63, 3.8) is 0 Å². The van der Waals surface area contributed by atoms with Crippen molar-refractivity contribution >= 4 is 32.8 Å². The number of benzene rings is 7. The van der Waals surface area contributed by atoms with E-state index < -0.39 is 71.3 Å². The molecule has 11 rings (SSSR count). The summed E-state index contributed by atoms with van der Waals surface area (Å²) in [6.07, 6.45) is 1.91. The van der Waals surface area contributed by atoms with Crippen molar-refractivity contribution in [2.45, 2.75) is 157 Å². The number of pyridine rings is 1. The van der Waals surface area contributed by atoms with Gasteiger partial charge in [-0.2, -0.15) is 0 Å². The molecule has 1 aliphatic carbocycles. The third kappa shape index (κ3) is 9.02. The fourth-order valence-corrected chi connectivity index (χ4v) is 12.8. The predicted molar refractivity (Wildman–Crippen MR) is 330 cm³/mol. The van der Waals surface area contributed by atoms with Gasteiger partial charge in [0.05, 0.1) is 0 Å². The van der Waals surface area contributed by atoms with Gasteiger partial charge in [0.25, 0.3) is 0 Å². The van der Waals surface area contributed by atoms with E-state index in [-0.39, 0.29) is 55.0 Å². The van der Waals surface area contributed by atoms with Gasteiger partial charge in [0.15, 0.2) is 0 Å². The van der Waals surface area contributed by atoms with E-state index in [2.05, 4.69) is 193 Å². The number of aromatic nitrogens is 4. The van der Waals surface area contributed by atoms with Crippen molar-refractivity contribution in [3.8, 4) is 50.9 Å². The molecule has 0 saturated heterocycles. The molecule has 7 aromatic carbocycles. The molecular formula is C73H80N4OPt. The van der Waals surface area contributed by atoms with Crippen LogP contribution >= 0.6 is 0 Å². The summed E-state index contributed by atoms with van der Waals surface area (Å²) < 4.78 is 106. The Morgan fingerprint density at radius 3 is 1.56 bits per heavy atom. The molecule has 3 heterocycles. The van der Waals surface area contributed by atoms with Crippen LogP contribution in [0.5, 0.6) is 11.5 Å². The van der Waals surface area contributed by atoms with Gasteiger partial charge in [-0.15, -0.1) is 0 Å². The second-order valence-electron chi connectivity index (χ2n) is 27.6.